The van der Waals surface area contributed by atoms with Gasteiger partial charge in [0, 0.05) is 6.54 Å². The van der Waals surface area contributed by atoms with Crippen LogP contribution in [0.2, 0.25) is 0 Å². The highest BCUT2D eigenvalue weighted by Crippen LogP contribution is 2.19. The van der Waals surface area contributed by atoms with Gasteiger partial charge in [-0.05, 0) is 26.2 Å². The molecule has 1 amide bonds. The average Bonchev–Trinajstić information content (AvgIpc) is 2.74. The summed E-state index contributed by atoms with van der Waals surface area (Å²) in [7, 11) is 0. The first-order valence-corrected chi connectivity index (χ1v) is 6.32. The number of amides is 1. The molecule has 1 aliphatic heterocycles. The first-order chi connectivity index (χ1) is 8.36. The Morgan fingerprint density at radius 3 is 2.67 bits per heavy atom. The lowest BCUT2D eigenvalue weighted by Crippen LogP contribution is -2.52. The molecule has 0 radical (unpaired) electrons. The number of carboxylic acids is 1. The molecular weight excluding hydrogens is 236 g/mol. The van der Waals surface area contributed by atoms with Crippen molar-refractivity contribution in [2.75, 3.05) is 6.54 Å². The summed E-state index contributed by atoms with van der Waals surface area (Å²) in [5.41, 5.74) is 5.01. The molecule has 0 saturated carbocycles. The molecule has 1 fully saturated rings. The minimum atomic E-state index is -0.946. The summed E-state index contributed by atoms with van der Waals surface area (Å²) >= 11 is 0. The predicted octanol–water partition coefficient (Wildman–Crippen LogP) is 0.252. The van der Waals surface area contributed by atoms with Gasteiger partial charge in [0.1, 0.15) is 0 Å². The molecule has 0 aromatic carbocycles. The SMILES string of the molecule is CCCC(C)(N)C(=O)NCC1CCC(C(=O)O)O1. The summed E-state index contributed by atoms with van der Waals surface area (Å²) in [6.45, 7) is 3.98. The molecule has 1 rings (SSSR count). The highest BCUT2D eigenvalue weighted by Gasteiger charge is 2.32. The molecule has 0 bridgehead atoms. The number of hydrogen-bond donors (Lipinski definition) is 3. The lowest BCUT2D eigenvalue weighted by atomic mass is 9.96. The largest absolute Gasteiger partial charge is 0.479 e. The van der Waals surface area contributed by atoms with E-state index in [1.807, 2.05) is 6.92 Å². The van der Waals surface area contributed by atoms with Crippen molar-refractivity contribution >= 4 is 11.9 Å². The summed E-state index contributed by atoms with van der Waals surface area (Å²) in [5, 5.41) is 11.5. The maximum Gasteiger partial charge on any atom is 0.332 e. The van der Waals surface area contributed by atoms with Crippen LogP contribution in [0, 0.1) is 0 Å². The van der Waals surface area contributed by atoms with Gasteiger partial charge in [0.05, 0.1) is 11.6 Å². The van der Waals surface area contributed by atoms with Crippen molar-refractivity contribution in [2.45, 2.75) is 57.3 Å². The van der Waals surface area contributed by atoms with Crippen molar-refractivity contribution in [3.63, 3.8) is 0 Å². The topological polar surface area (TPSA) is 102 Å². The molecule has 104 valence electrons. The van der Waals surface area contributed by atoms with E-state index in [0.29, 0.717) is 25.8 Å². The number of aliphatic carboxylic acids is 1. The maximum atomic E-state index is 11.8. The molecule has 0 spiro atoms. The molecule has 1 heterocycles. The standard InChI is InChI=1S/C12H22N2O4/c1-3-6-12(2,13)11(17)14-7-8-4-5-9(18-8)10(15)16/h8-9H,3-7,13H2,1-2H3,(H,14,17)(H,15,16). The van der Waals surface area contributed by atoms with Crippen LogP contribution in [-0.2, 0) is 14.3 Å². The second kappa shape index (κ2) is 6.15. The van der Waals surface area contributed by atoms with Crippen LogP contribution < -0.4 is 11.1 Å². The predicted molar refractivity (Wildman–Crippen MR) is 66.0 cm³/mol. The van der Waals surface area contributed by atoms with Gasteiger partial charge in [-0.1, -0.05) is 13.3 Å². The second-order valence-electron chi connectivity index (χ2n) is 5.04. The summed E-state index contributed by atoms with van der Waals surface area (Å²) in [4.78, 5) is 22.5. The molecule has 1 aliphatic rings. The molecular formula is C12H22N2O4. The van der Waals surface area contributed by atoms with Gasteiger partial charge in [0.15, 0.2) is 6.10 Å². The van der Waals surface area contributed by atoms with E-state index in [9.17, 15) is 9.59 Å². The third-order valence-electron chi connectivity index (χ3n) is 3.16. The minimum absolute atomic E-state index is 0.216. The Labute approximate surface area is 107 Å². The summed E-state index contributed by atoms with van der Waals surface area (Å²) in [6.07, 6.45) is 1.61. The molecule has 0 aromatic rings. The van der Waals surface area contributed by atoms with E-state index in [2.05, 4.69) is 5.32 Å². The Balaban J connectivity index is 2.34. The number of nitrogens with one attached hydrogen (secondary N) is 1. The fraction of sp³-hybridized carbons (Fsp3) is 0.833. The number of carbonyl (C=O) groups is 2. The number of carboxylic acid groups (broad SMARTS) is 1. The van der Waals surface area contributed by atoms with Gasteiger partial charge in [-0.2, -0.15) is 0 Å². The van der Waals surface area contributed by atoms with E-state index in [1.54, 1.807) is 6.92 Å². The minimum Gasteiger partial charge on any atom is -0.479 e. The number of carbonyl (C=O) groups excluding carboxylic acids is 1. The quantitative estimate of drug-likeness (QED) is 0.634. The number of nitrogens with two attached hydrogens (primary N) is 1. The van der Waals surface area contributed by atoms with E-state index in [-0.39, 0.29) is 12.0 Å². The Bertz CT molecular complexity index is 317. The van der Waals surface area contributed by atoms with Crippen LogP contribution >= 0.6 is 0 Å². The number of hydrogen-bond acceptors (Lipinski definition) is 4. The molecule has 6 heteroatoms. The van der Waals surface area contributed by atoms with Gasteiger partial charge in [0.25, 0.3) is 0 Å². The Morgan fingerprint density at radius 1 is 1.50 bits per heavy atom. The Morgan fingerprint density at radius 2 is 2.17 bits per heavy atom. The monoisotopic (exact) mass is 258 g/mol. The molecule has 18 heavy (non-hydrogen) atoms. The van der Waals surface area contributed by atoms with Crippen molar-refractivity contribution < 1.29 is 19.4 Å². The zero-order valence-electron chi connectivity index (χ0n) is 10.9. The van der Waals surface area contributed by atoms with Gasteiger partial charge >= 0.3 is 5.97 Å². The summed E-state index contributed by atoms with van der Waals surface area (Å²) in [6, 6.07) is 0. The summed E-state index contributed by atoms with van der Waals surface area (Å²) in [5.74, 6) is -1.16. The number of rotatable bonds is 6. The molecule has 3 unspecified atom stereocenters. The lowest BCUT2D eigenvalue weighted by molar-refractivity contribution is -0.149. The van der Waals surface area contributed by atoms with Crippen LogP contribution in [0.1, 0.15) is 39.5 Å². The number of ether oxygens (including phenoxy) is 1. The molecule has 3 atom stereocenters. The average molecular weight is 258 g/mol. The normalized spacial score (nSPS) is 26.6. The fourth-order valence-electron chi connectivity index (χ4n) is 2.08. The lowest BCUT2D eigenvalue weighted by Gasteiger charge is -2.23. The molecule has 4 N–H and O–H groups in total. The first kappa shape index (κ1) is 14.9. The van der Waals surface area contributed by atoms with Crippen LogP contribution in [0.3, 0.4) is 0 Å². The molecule has 6 nitrogen and oxygen atoms in total. The first-order valence-electron chi connectivity index (χ1n) is 6.32. The highest BCUT2D eigenvalue weighted by molar-refractivity contribution is 5.85. The maximum absolute atomic E-state index is 11.8. The zero-order chi connectivity index (χ0) is 13.8. The summed E-state index contributed by atoms with van der Waals surface area (Å²) < 4.78 is 5.29. The van der Waals surface area contributed by atoms with Gasteiger partial charge in [0.2, 0.25) is 5.91 Å². The van der Waals surface area contributed by atoms with Crippen LogP contribution in [0.4, 0.5) is 0 Å². The van der Waals surface area contributed by atoms with Gasteiger partial charge in [-0.3, -0.25) is 4.79 Å². The van der Waals surface area contributed by atoms with Crippen molar-refractivity contribution in [1.29, 1.82) is 0 Å². The fourth-order valence-corrected chi connectivity index (χ4v) is 2.08. The third kappa shape index (κ3) is 3.96. The molecule has 0 aliphatic carbocycles. The van der Waals surface area contributed by atoms with E-state index in [0.717, 1.165) is 6.42 Å². The van der Waals surface area contributed by atoms with E-state index in [4.69, 9.17) is 15.6 Å². The van der Waals surface area contributed by atoms with Crippen LogP contribution in [0.25, 0.3) is 0 Å². The van der Waals surface area contributed by atoms with Gasteiger partial charge < -0.3 is 20.9 Å². The van der Waals surface area contributed by atoms with Crippen LogP contribution in [-0.4, -0.2) is 41.3 Å². The van der Waals surface area contributed by atoms with Gasteiger partial charge in [-0.25, -0.2) is 4.79 Å². The van der Waals surface area contributed by atoms with Crippen molar-refractivity contribution in [1.82, 2.24) is 5.32 Å². The highest BCUT2D eigenvalue weighted by atomic mass is 16.5. The van der Waals surface area contributed by atoms with Gasteiger partial charge in [-0.15, -0.1) is 0 Å². The Hall–Kier alpha value is -1.14. The second-order valence-corrected chi connectivity index (χ2v) is 5.04. The smallest absolute Gasteiger partial charge is 0.332 e. The van der Waals surface area contributed by atoms with Crippen molar-refractivity contribution in [3.05, 3.63) is 0 Å². The van der Waals surface area contributed by atoms with E-state index >= 15 is 0 Å². The van der Waals surface area contributed by atoms with E-state index < -0.39 is 17.6 Å². The Kier molecular flexibility index (Phi) is 5.10. The van der Waals surface area contributed by atoms with Crippen molar-refractivity contribution in [2.24, 2.45) is 5.73 Å². The van der Waals surface area contributed by atoms with Crippen LogP contribution in [0.15, 0.2) is 0 Å². The molecule has 0 aromatic heterocycles. The van der Waals surface area contributed by atoms with Crippen LogP contribution in [0.5, 0.6) is 0 Å². The van der Waals surface area contributed by atoms with E-state index in [1.165, 1.54) is 0 Å². The van der Waals surface area contributed by atoms with Crippen molar-refractivity contribution in [3.8, 4) is 0 Å². The third-order valence-corrected chi connectivity index (χ3v) is 3.16. The molecule has 1 saturated heterocycles. The zero-order valence-corrected chi connectivity index (χ0v) is 10.9.